The van der Waals surface area contributed by atoms with Crippen LogP contribution in [0.5, 0.6) is 5.75 Å². The molecule has 4 aliphatic carbocycles. The number of hydrogen-bond acceptors (Lipinski definition) is 7. The highest BCUT2D eigenvalue weighted by molar-refractivity contribution is 6.24. The third-order valence-electron chi connectivity index (χ3n) is 10.5. The van der Waals surface area contributed by atoms with E-state index in [4.69, 9.17) is 0 Å². The van der Waals surface area contributed by atoms with Crippen LogP contribution in [0.1, 0.15) is 103 Å². The number of carbonyl (C=O) groups is 3. The summed E-state index contributed by atoms with van der Waals surface area (Å²) in [6.45, 7) is 14.3. The number of benzene rings is 1. The maximum Gasteiger partial charge on any atom is 0.203 e. The van der Waals surface area contributed by atoms with Gasteiger partial charge < -0.3 is 20.4 Å². The molecule has 7 heteroatoms. The van der Waals surface area contributed by atoms with Crippen molar-refractivity contribution in [3.63, 3.8) is 0 Å². The molecule has 0 bridgehead atoms. The summed E-state index contributed by atoms with van der Waals surface area (Å²) in [5, 5.41) is 47.5. The summed E-state index contributed by atoms with van der Waals surface area (Å²) in [5.41, 5.74) is -1.47. The van der Waals surface area contributed by atoms with Crippen molar-refractivity contribution in [3.8, 4) is 5.75 Å². The van der Waals surface area contributed by atoms with E-state index in [9.17, 15) is 34.8 Å². The number of carbonyl (C=O) groups excluding carboxylic acids is 3. The van der Waals surface area contributed by atoms with Gasteiger partial charge in [-0.3, -0.25) is 14.4 Å². The lowest BCUT2D eigenvalue weighted by atomic mass is 9.43. The summed E-state index contributed by atoms with van der Waals surface area (Å²) in [5.74, 6) is -5.10. The topological polar surface area (TPSA) is 132 Å². The Labute approximate surface area is 259 Å². The van der Waals surface area contributed by atoms with Crippen LogP contribution in [0.25, 0.3) is 11.3 Å². The summed E-state index contributed by atoms with van der Waals surface area (Å²) >= 11 is 0. The molecule has 44 heavy (non-hydrogen) atoms. The van der Waals surface area contributed by atoms with Gasteiger partial charge in [0, 0.05) is 27.9 Å². The van der Waals surface area contributed by atoms with Crippen molar-refractivity contribution in [2.45, 2.75) is 92.6 Å². The first-order chi connectivity index (χ1) is 20.5. The number of phenolic OH excluding ortho intramolecular Hbond substituents is 1. The number of allylic oxidation sites excluding steroid dienone is 7. The van der Waals surface area contributed by atoms with Crippen LogP contribution in [0, 0.1) is 22.7 Å². The summed E-state index contributed by atoms with van der Waals surface area (Å²) in [7, 11) is 0. The van der Waals surface area contributed by atoms with E-state index in [1.54, 1.807) is 20.8 Å². The van der Waals surface area contributed by atoms with E-state index in [0.29, 0.717) is 12.0 Å². The first kappa shape index (κ1) is 31.7. The first-order valence-corrected chi connectivity index (χ1v) is 15.6. The van der Waals surface area contributed by atoms with Crippen LogP contribution in [-0.4, -0.2) is 43.4 Å². The molecule has 1 aromatic rings. The Bertz CT molecular complexity index is 1660. The molecule has 0 spiro atoms. The van der Waals surface area contributed by atoms with E-state index < -0.39 is 56.8 Å². The monoisotopic (exact) mass is 600 g/mol. The van der Waals surface area contributed by atoms with E-state index in [1.165, 1.54) is 0 Å². The third kappa shape index (κ3) is 4.15. The molecule has 0 saturated heterocycles. The van der Waals surface area contributed by atoms with Crippen LogP contribution in [0.2, 0.25) is 0 Å². The van der Waals surface area contributed by atoms with Gasteiger partial charge in [0.25, 0.3) is 0 Å². The molecule has 234 valence electrons. The fourth-order valence-electron chi connectivity index (χ4n) is 8.69. The number of hydrogen-bond donors (Lipinski definition) is 4. The molecule has 7 nitrogen and oxygen atoms in total. The number of fused-ring (bicyclic) bond motifs is 3. The molecule has 4 N–H and O–H groups in total. The zero-order chi connectivity index (χ0) is 32.7. The number of aliphatic hydroxyl groups is 3. The highest BCUT2D eigenvalue weighted by Crippen LogP contribution is 2.65. The van der Waals surface area contributed by atoms with Gasteiger partial charge in [0.05, 0.1) is 5.56 Å². The number of ketones is 3. The smallest absolute Gasteiger partial charge is 0.203 e. The first-order valence-electron chi connectivity index (χ1n) is 15.6. The standard InChI is InChI=1S/C37H44O7/c1-9-10-11-21-12-13-22(14-21)24-15-23(18(2)3)25-16-35(7)17-36(8)28(19(4)5)31(40)26(20(6)38)33(42)37(36,44)34(43)29(35)32(41)27(25)30(24)39/h10-13,15,18-19,28,39,41-42,44H,9,14,16-17H2,1-8H3/b11-10+/t28?,35-,36-,37+/m1/s1. The molecular weight excluding hydrogens is 556 g/mol. The fourth-order valence-corrected chi connectivity index (χ4v) is 8.69. The molecule has 1 unspecified atom stereocenters. The predicted octanol–water partition coefficient (Wildman–Crippen LogP) is 6.99. The molecule has 4 aliphatic rings. The number of aromatic hydroxyl groups is 1. The molecule has 0 amide bonds. The van der Waals surface area contributed by atoms with E-state index >= 15 is 0 Å². The Kier molecular flexibility index (Phi) is 7.52. The van der Waals surface area contributed by atoms with Crippen LogP contribution >= 0.6 is 0 Å². The van der Waals surface area contributed by atoms with E-state index in [1.807, 2.05) is 39.0 Å². The van der Waals surface area contributed by atoms with E-state index in [-0.39, 0.29) is 41.6 Å². The van der Waals surface area contributed by atoms with E-state index in [2.05, 4.69) is 19.1 Å². The Morgan fingerprint density at radius 1 is 1.09 bits per heavy atom. The Balaban J connectivity index is 1.77. The van der Waals surface area contributed by atoms with Crippen LogP contribution in [0.4, 0.5) is 0 Å². The van der Waals surface area contributed by atoms with Gasteiger partial charge in [-0.2, -0.15) is 0 Å². The Hall–Kier alpha value is -3.71. The molecule has 4 atom stereocenters. The molecule has 1 saturated carbocycles. The van der Waals surface area contributed by atoms with E-state index in [0.717, 1.165) is 35.6 Å². The molecule has 0 aliphatic heterocycles. The lowest BCUT2D eigenvalue weighted by Crippen LogP contribution is -2.69. The molecule has 0 radical (unpaired) electrons. The predicted molar refractivity (Wildman–Crippen MR) is 170 cm³/mol. The average Bonchev–Trinajstić information content (AvgIpc) is 3.37. The fraction of sp³-hybridized carbons (Fsp3) is 0.486. The van der Waals surface area contributed by atoms with Crippen LogP contribution in [0.3, 0.4) is 0 Å². The second-order valence-electron chi connectivity index (χ2n) is 14.3. The molecule has 0 aromatic heterocycles. The minimum Gasteiger partial charge on any atom is -0.508 e. The SMILES string of the molecule is CC/C=C/C1=CC=C(c2cc(C(C)C)c3c(c2O)C(O)=C2C(=O)[C@@]4(O)C(O)=C(C(C)=O)C(=O)C(C(C)C)[C@@]4(C)C[C@@]2(C)C3)C1. The number of aliphatic hydroxyl groups excluding tert-OH is 2. The minimum absolute atomic E-state index is 0.0204. The average molecular weight is 601 g/mol. The number of rotatable bonds is 6. The van der Waals surface area contributed by atoms with Crippen LogP contribution in [-0.2, 0) is 20.8 Å². The maximum absolute atomic E-state index is 14.6. The van der Waals surface area contributed by atoms with Gasteiger partial charge in [0.2, 0.25) is 5.78 Å². The van der Waals surface area contributed by atoms with Gasteiger partial charge >= 0.3 is 0 Å². The summed E-state index contributed by atoms with van der Waals surface area (Å²) in [6, 6.07) is 1.98. The lowest BCUT2D eigenvalue weighted by molar-refractivity contribution is -0.178. The van der Waals surface area contributed by atoms with Crippen molar-refractivity contribution in [3.05, 3.63) is 75.1 Å². The molecule has 5 rings (SSSR count). The van der Waals surface area contributed by atoms with Crippen LogP contribution in [0.15, 0.2) is 52.8 Å². The highest BCUT2D eigenvalue weighted by Gasteiger charge is 2.72. The van der Waals surface area contributed by atoms with Gasteiger partial charge in [-0.15, -0.1) is 0 Å². The zero-order valence-electron chi connectivity index (χ0n) is 27.0. The van der Waals surface area contributed by atoms with Crippen molar-refractivity contribution in [1.29, 1.82) is 0 Å². The van der Waals surface area contributed by atoms with Gasteiger partial charge in [-0.25, -0.2) is 0 Å². The number of Topliss-reactive ketones (excluding diaryl/α,β-unsaturated/α-hetero) is 3. The van der Waals surface area contributed by atoms with Crippen molar-refractivity contribution in [1.82, 2.24) is 0 Å². The van der Waals surface area contributed by atoms with Gasteiger partial charge in [0.15, 0.2) is 17.2 Å². The van der Waals surface area contributed by atoms with Crippen molar-refractivity contribution in [2.75, 3.05) is 0 Å². The highest BCUT2D eigenvalue weighted by atomic mass is 16.3. The molecule has 0 heterocycles. The maximum atomic E-state index is 14.6. The van der Waals surface area contributed by atoms with Crippen LogP contribution < -0.4 is 0 Å². The lowest BCUT2D eigenvalue weighted by Gasteiger charge is -2.60. The van der Waals surface area contributed by atoms with Crippen molar-refractivity contribution in [2.24, 2.45) is 22.7 Å². The van der Waals surface area contributed by atoms with Crippen molar-refractivity contribution < 1.29 is 34.8 Å². The zero-order valence-corrected chi connectivity index (χ0v) is 27.0. The molecular formula is C37H44O7. The minimum atomic E-state index is -2.62. The second kappa shape index (κ2) is 10.4. The molecule has 1 aromatic carbocycles. The Morgan fingerprint density at radius 3 is 2.32 bits per heavy atom. The summed E-state index contributed by atoms with van der Waals surface area (Å²) < 4.78 is 0. The van der Waals surface area contributed by atoms with Gasteiger partial charge in [0.1, 0.15) is 22.8 Å². The quantitative estimate of drug-likeness (QED) is 0.259. The normalized spacial score (nSPS) is 30.2. The third-order valence-corrected chi connectivity index (χ3v) is 10.5. The largest absolute Gasteiger partial charge is 0.508 e. The molecule has 1 fully saturated rings. The summed E-state index contributed by atoms with van der Waals surface area (Å²) in [6.07, 6.45) is 9.93. The Morgan fingerprint density at radius 2 is 1.75 bits per heavy atom. The summed E-state index contributed by atoms with van der Waals surface area (Å²) in [4.78, 5) is 40.9. The van der Waals surface area contributed by atoms with Crippen molar-refractivity contribution >= 4 is 28.7 Å². The van der Waals surface area contributed by atoms with Gasteiger partial charge in [-0.05, 0) is 72.8 Å². The van der Waals surface area contributed by atoms with Gasteiger partial charge in [-0.1, -0.05) is 72.8 Å². The number of phenols is 1. The second-order valence-corrected chi connectivity index (χ2v) is 14.3.